The number of hydrogen-bond donors (Lipinski definition) is 0. The molecule has 0 bridgehead atoms. The number of methoxy groups -OCH3 is 2. The predicted molar refractivity (Wildman–Crippen MR) is 342 cm³/mol. The highest BCUT2D eigenvalue weighted by Crippen LogP contribution is 2.39. The second-order valence-electron chi connectivity index (χ2n) is 22.8. The molecule has 5 aliphatic heterocycles. The number of anilines is 5. The fourth-order valence-corrected chi connectivity index (χ4v) is 12.3. The van der Waals surface area contributed by atoms with Crippen molar-refractivity contribution in [1.82, 2.24) is 34.6 Å². The number of hydrogen-bond acceptors (Lipinski definition) is 18. The number of likely N-dealkylation sites (N-methyl/N-ethyl adjacent to an activating group) is 1. The Morgan fingerprint density at radius 1 is 0.511 bits per heavy atom. The van der Waals surface area contributed by atoms with Crippen LogP contribution in [0.1, 0.15) is 33.6 Å². The topological polar surface area (TPSA) is 167 Å². The normalized spacial score (nSPS) is 16.0. The van der Waals surface area contributed by atoms with Crippen molar-refractivity contribution >= 4 is 74.3 Å². The van der Waals surface area contributed by atoms with Crippen molar-refractivity contribution < 1.29 is 38.0 Å². The highest BCUT2D eigenvalue weighted by Gasteiger charge is 2.35. The number of piperazine rings is 2. The standard InChI is InChI=1S/C36H43N7O4.C31H32ClN5O4/c1-39(2)28-21-43(22-28)35-37-32-23-42(33-20-29(47-25-45-3)19-27-11-7-8-12-30(27)33)14-13-31(32)34(38-35)40-15-17-41(18-16-40)36(44)46-24-26-9-5-4-6-10-26;1-39-21-41-24-17-23-9-5-6-10-25(23)28(18-24)37-12-11-26-27(19-37)33-30(32)34-29(26)35-13-15-36(16-14-35)31(38)40-20-22-7-3-2-4-8-22/h4-12,19-20,28H,13-18,21-25H2,1-3H3;2-10,17-18H,11-16,19-21H2,1H3. The Hall–Kier alpha value is -8.69. The molecule has 2 amide bonds. The zero-order chi connectivity index (χ0) is 60.5. The maximum atomic E-state index is 12.9. The number of ether oxygens (including phenoxy) is 6. The van der Waals surface area contributed by atoms with Crippen LogP contribution in [0.3, 0.4) is 0 Å². The third-order valence-electron chi connectivity index (χ3n) is 17.0. The van der Waals surface area contributed by atoms with E-state index in [1.54, 1.807) is 24.0 Å². The fraction of sp³-hybridized carbons (Fsp3) is 0.373. The van der Waals surface area contributed by atoms with Gasteiger partial charge in [-0.3, -0.25) is 0 Å². The third kappa shape index (κ3) is 13.7. The molecule has 5 aliphatic rings. The van der Waals surface area contributed by atoms with E-state index >= 15 is 0 Å². The average molecular weight is 1210 g/mol. The lowest BCUT2D eigenvalue weighted by Crippen LogP contribution is -2.58. The summed E-state index contributed by atoms with van der Waals surface area (Å²) in [6, 6.07) is 45.0. The SMILES string of the molecule is COCOc1cc(N2CCc3c(nc(Cl)nc3N3CCN(C(=O)OCc4ccccc4)CC3)C2)c2ccccc2c1.COCOc1cc(N2CCc3c(nc(N4CC(N(C)C)C4)nc3N3CCN(C(=O)OCc4ccccc4)CC3)C2)c2ccccc2c1. The van der Waals surface area contributed by atoms with Crippen LogP contribution < -0.4 is 34.0 Å². The smallest absolute Gasteiger partial charge is 0.410 e. The Labute approximate surface area is 518 Å². The molecular weight excluding hydrogens is 1140 g/mol. The third-order valence-corrected chi connectivity index (χ3v) is 17.2. The largest absolute Gasteiger partial charge is 0.467 e. The molecule has 0 aliphatic carbocycles. The van der Waals surface area contributed by atoms with Crippen molar-refractivity contribution in [3.8, 4) is 11.5 Å². The summed E-state index contributed by atoms with van der Waals surface area (Å²) in [6.07, 6.45) is 1.03. The van der Waals surface area contributed by atoms with E-state index in [0.717, 1.165) is 124 Å². The van der Waals surface area contributed by atoms with Crippen LogP contribution in [0.4, 0.5) is 38.5 Å². The van der Waals surface area contributed by atoms with Crippen molar-refractivity contribution in [2.75, 3.05) is 145 Å². The molecule has 458 valence electrons. The van der Waals surface area contributed by atoms with Gasteiger partial charge in [0.05, 0.1) is 24.5 Å². The van der Waals surface area contributed by atoms with Crippen LogP contribution in [0, 0.1) is 0 Å². The van der Waals surface area contributed by atoms with E-state index < -0.39 is 0 Å². The summed E-state index contributed by atoms with van der Waals surface area (Å²) in [5.74, 6) is 4.18. The molecule has 0 unspecified atom stereocenters. The lowest BCUT2D eigenvalue weighted by molar-refractivity contribution is 0.0511. The second-order valence-corrected chi connectivity index (χ2v) is 23.2. The first-order chi connectivity index (χ1) is 43.0. The Morgan fingerprint density at radius 3 is 1.42 bits per heavy atom. The molecule has 6 aromatic carbocycles. The van der Waals surface area contributed by atoms with Gasteiger partial charge >= 0.3 is 12.2 Å². The maximum absolute atomic E-state index is 12.9. The molecule has 0 saturated carbocycles. The lowest BCUT2D eigenvalue weighted by atomic mass is 10.0. The van der Waals surface area contributed by atoms with E-state index in [1.807, 2.05) is 78.9 Å². The molecule has 3 saturated heterocycles. The number of benzene rings is 6. The average Bonchev–Trinajstić information content (AvgIpc) is 1.17. The van der Waals surface area contributed by atoms with Crippen molar-refractivity contribution in [2.24, 2.45) is 0 Å². The summed E-state index contributed by atoms with van der Waals surface area (Å²) in [7, 11) is 7.49. The highest BCUT2D eigenvalue weighted by atomic mass is 35.5. The van der Waals surface area contributed by atoms with Gasteiger partial charge in [0.2, 0.25) is 11.2 Å². The zero-order valence-electron chi connectivity index (χ0n) is 50.4. The summed E-state index contributed by atoms with van der Waals surface area (Å²) >= 11 is 6.46. The monoisotopic (exact) mass is 1210 g/mol. The molecule has 3 fully saturated rings. The van der Waals surface area contributed by atoms with E-state index in [-0.39, 0.29) is 44.3 Å². The zero-order valence-corrected chi connectivity index (χ0v) is 51.2. The molecule has 0 radical (unpaired) electrons. The van der Waals surface area contributed by atoms with Crippen molar-refractivity contribution in [3.63, 3.8) is 0 Å². The number of nitrogens with zero attached hydrogens (tertiary/aromatic N) is 12. The molecule has 88 heavy (non-hydrogen) atoms. The molecule has 0 spiro atoms. The number of carbonyl (C=O) groups excluding carboxylic acids is 2. The lowest BCUT2D eigenvalue weighted by Gasteiger charge is -2.44. The van der Waals surface area contributed by atoms with Crippen molar-refractivity contribution in [1.29, 1.82) is 0 Å². The maximum Gasteiger partial charge on any atom is 0.410 e. The van der Waals surface area contributed by atoms with Gasteiger partial charge in [-0.05, 0) is 72.6 Å². The van der Waals surface area contributed by atoms with Gasteiger partial charge in [0.1, 0.15) is 36.3 Å². The predicted octanol–water partition coefficient (Wildman–Crippen LogP) is 9.67. The van der Waals surface area contributed by atoms with Gasteiger partial charge in [-0.25, -0.2) is 24.5 Å². The van der Waals surface area contributed by atoms with Gasteiger partial charge < -0.3 is 67.6 Å². The first-order valence-electron chi connectivity index (χ1n) is 30.1. The Bertz CT molecular complexity index is 3720. The van der Waals surface area contributed by atoms with Crippen LogP contribution in [-0.4, -0.2) is 173 Å². The number of aromatic nitrogens is 4. The van der Waals surface area contributed by atoms with Gasteiger partial charge in [-0.2, -0.15) is 4.98 Å². The van der Waals surface area contributed by atoms with Crippen LogP contribution >= 0.6 is 11.6 Å². The van der Waals surface area contributed by atoms with E-state index in [1.165, 1.54) is 10.9 Å². The quantitative estimate of drug-likeness (QED) is 0.0662. The molecule has 0 N–H and O–H groups in total. The summed E-state index contributed by atoms with van der Waals surface area (Å²) in [6.45, 7) is 10.6. The summed E-state index contributed by atoms with van der Waals surface area (Å²) in [5, 5.41) is 4.79. The van der Waals surface area contributed by atoms with Gasteiger partial charge in [-0.1, -0.05) is 109 Å². The Balaban J connectivity index is 0.000000173. The summed E-state index contributed by atoms with van der Waals surface area (Å²) < 4.78 is 33.2. The number of rotatable bonds is 16. The van der Waals surface area contributed by atoms with Gasteiger partial charge in [-0.15, -0.1) is 0 Å². The van der Waals surface area contributed by atoms with Crippen molar-refractivity contribution in [2.45, 2.75) is 45.2 Å². The molecular formula is C67H75ClN12O8. The fourth-order valence-electron chi connectivity index (χ4n) is 12.1. The molecule has 20 nitrogen and oxygen atoms in total. The van der Waals surface area contributed by atoms with Crippen LogP contribution in [0.2, 0.25) is 5.28 Å². The van der Waals surface area contributed by atoms with Gasteiger partial charge in [0.15, 0.2) is 13.6 Å². The van der Waals surface area contributed by atoms with Crippen LogP contribution in [0.5, 0.6) is 11.5 Å². The van der Waals surface area contributed by atoms with E-state index in [4.69, 9.17) is 50.0 Å². The van der Waals surface area contributed by atoms with Gasteiger partial charge in [0.25, 0.3) is 0 Å². The first kappa shape index (κ1) is 59.6. The van der Waals surface area contributed by atoms with Crippen LogP contribution in [0.15, 0.2) is 133 Å². The van der Waals surface area contributed by atoms with Crippen LogP contribution in [0.25, 0.3) is 21.5 Å². The van der Waals surface area contributed by atoms with E-state index in [2.05, 4.69) is 108 Å². The second kappa shape index (κ2) is 27.6. The molecule has 13 rings (SSSR count). The number of halogens is 1. The molecule has 0 atom stereocenters. The van der Waals surface area contributed by atoms with Crippen LogP contribution in [-0.2, 0) is 58.1 Å². The first-order valence-corrected chi connectivity index (χ1v) is 30.5. The van der Waals surface area contributed by atoms with Gasteiger partial charge in [0, 0.05) is 144 Å². The highest BCUT2D eigenvalue weighted by molar-refractivity contribution is 6.28. The summed E-state index contributed by atoms with van der Waals surface area (Å²) in [5.41, 5.74) is 8.45. The van der Waals surface area contributed by atoms with E-state index in [9.17, 15) is 9.59 Å². The van der Waals surface area contributed by atoms with Crippen molar-refractivity contribution in [3.05, 3.63) is 172 Å². The Morgan fingerprint density at radius 2 is 0.955 bits per heavy atom. The van der Waals surface area contributed by atoms with E-state index in [0.29, 0.717) is 71.5 Å². The molecule has 7 heterocycles. The molecule has 21 heteroatoms. The summed E-state index contributed by atoms with van der Waals surface area (Å²) in [4.78, 5) is 62.6. The minimum absolute atomic E-state index is 0.185. The molecule has 8 aromatic rings. The number of carbonyl (C=O) groups is 2. The Kier molecular flexibility index (Phi) is 18.7. The minimum atomic E-state index is -0.296. The minimum Gasteiger partial charge on any atom is -0.467 e. The number of amides is 2. The molecule has 2 aromatic heterocycles. The number of fused-ring (bicyclic) bond motifs is 4.